The molecule has 1 aromatic heterocycles. The molecule has 7 heteroatoms. The van der Waals surface area contributed by atoms with Crippen LogP contribution in [-0.4, -0.2) is 4.98 Å². The number of ether oxygens (including phenoxy) is 1. The zero-order valence-corrected chi connectivity index (χ0v) is 11.6. The Morgan fingerprint density at radius 2 is 1.95 bits per heavy atom. The lowest BCUT2D eigenvalue weighted by molar-refractivity contribution is -0.141. The van der Waals surface area contributed by atoms with E-state index in [1.165, 1.54) is 0 Å². The molecular weight excluding hydrogens is 372 g/mol. The van der Waals surface area contributed by atoms with E-state index in [1.807, 2.05) is 6.07 Å². The van der Waals surface area contributed by atoms with Gasteiger partial charge < -0.3 is 10.5 Å². The van der Waals surface area contributed by atoms with Crippen molar-refractivity contribution in [2.24, 2.45) is 0 Å². The van der Waals surface area contributed by atoms with Gasteiger partial charge in [0.1, 0.15) is 11.4 Å². The molecule has 0 aliphatic rings. The van der Waals surface area contributed by atoms with Crippen molar-refractivity contribution in [2.75, 3.05) is 5.73 Å². The van der Waals surface area contributed by atoms with Gasteiger partial charge in [-0.3, -0.25) is 0 Å². The maximum Gasteiger partial charge on any atom is 0.433 e. The van der Waals surface area contributed by atoms with Crippen molar-refractivity contribution < 1.29 is 17.9 Å². The van der Waals surface area contributed by atoms with Crippen LogP contribution in [0.15, 0.2) is 36.5 Å². The summed E-state index contributed by atoms with van der Waals surface area (Å²) in [4.78, 5) is 3.24. The third kappa shape index (κ3) is 3.49. The number of anilines is 1. The summed E-state index contributed by atoms with van der Waals surface area (Å²) in [7, 11) is 0. The number of hydrogen-bond acceptors (Lipinski definition) is 3. The Hall–Kier alpha value is -1.51. The molecule has 2 aromatic rings. The smallest absolute Gasteiger partial charge is 0.433 e. The molecule has 0 amide bonds. The molecular formula is C12H8F3IN2O. The summed E-state index contributed by atoms with van der Waals surface area (Å²) in [5.74, 6) is 0.349. The Kier molecular flexibility index (Phi) is 3.83. The normalized spacial score (nSPS) is 11.4. The van der Waals surface area contributed by atoms with E-state index < -0.39 is 11.9 Å². The van der Waals surface area contributed by atoms with E-state index in [0.29, 0.717) is 5.75 Å². The summed E-state index contributed by atoms with van der Waals surface area (Å²) >= 11 is 2.07. The number of pyridine rings is 1. The second-order valence-electron chi connectivity index (χ2n) is 3.66. The van der Waals surface area contributed by atoms with Gasteiger partial charge in [0, 0.05) is 9.64 Å². The first-order valence-corrected chi connectivity index (χ1v) is 6.20. The van der Waals surface area contributed by atoms with Crippen molar-refractivity contribution in [2.45, 2.75) is 6.18 Å². The molecule has 0 unspecified atom stereocenters. The van der Waals surface area contributed by atoms with Gasteiger partial charge in [-0.25, -0.2) is 4.98 Å². The van der Waals surface area contributed by atoms with E-state index in [0.717, 1.165) is 15.8 Å². The number of rotatable bonds is 2. The highest BCUT2D eigenvalue weighted by molar-refractivity contribution is 14.1. The number of halogens is 4. The molecule has 0 spiro atoms. The monoisotopic (exact) mass is 380 g/mol. The van der Waals surface area contributed by atoms with Crippen LogP contribution in [0.3, 0.4) is 0 Å². The Morgan fingerprint density at radius 1 is 1.21 bits per heavy atom. The van der Waals surface area contributed by atoms with Gasteiger partial charge in [-0.15, -0.1) is 0 Å². The highest BCUT2D eigenvalue weighted by atomic mass is 127. The summed E-state index contributed by atoms with van der Waals surface area (Å²) in [6.07, 6.45) is -3.59. The fourth-order valence-electron chi connectivity index (χ4n) is 1.35. The van der Waals surface area contributed by atoms with Gasteiger partial charge in [0.2, 0.25) is 0 Å². The average molecular weight is 380 g/mol. The van der Waals surface area contributed by atoms with Gasteiger partial charge >= 0.3 is 6.18 Å². The minimum atomic E-state index is -4.53. The Bertz CT molecular complexity index is 602. The van der Waals surface area contributed by atoms with Gasteiger partial charge in [0.25, 0.3) is 0 Å². The van der Waals surface area contributed by atoms with Crippen LogP contribution in [-0.2, 0) is 6.18 Å². The van der Waals surface area contributed by atoms with Crippen molar-refractivity contribution in [1.82, 2.24) is 4.98 Å². The minimum absolute atomic E-state index is 0.0480. The first-order valence-electron chi connectivity index (χ1n) is 5.12. The summed E-state index contributed by atoms with van der Waals surface area (Å²) in [5.41, 5.74) is 4.57. The molecule has 0 atom stereocenters. The largest absolute Gasteiger partial charge is 0.455 e. The first-order chi connectivity index (χ1) is 8.86. The number of aromatic nitrogens is 1. The van der Waals surface area contributed by atoms with Crippen LogP contribution in [0.4, 0.5) is 18.9 Å². The predicted molar refractivity (Wildman–Crippen MR) is 72.9 cm³/mol. The molecule has 2 N–H and O–H groups in total. The predicted octanol–water partition coefficient (Wildman–Crippen LogP) is 4.08. The Balaban J connectivity index is 2.34. The van der Waals surface area contributed by atoms with Gasteiger partial charge in [0.05, 0.1) is 11.9 Å². The zero-order chi connectivity index (χ0) is 14.0. The molecule has 1 aromatic carbocycles. The maximum atomic E-state index is 12.5. The first kappa shape index (κ1) is 13.9. The second kappa shape index (κ2) is 5.24. The van der Waals surface area contributed by atoms with Crippen LogP contribution in [0.1, 0.15) is 5.69 Å². The molecule has 19 heavy (non-hydrogen) atoms. The van der Waals surface area contributed by atoms with Crippen LogP contribution in [0.25, 0.3) is 0 Å². The van der Waals surface area contributed by atoms with Crippen LogP contribution in [0.2, 0.25) is 0 Å². The Labute approximate surface area is 120 Å². The van der Waals surface area contributed by atoms with Crippen molar-refractivity contribution in [3.8, 4) is 11.5 Å². The number of hydrogen-bond donors (Lipinski definition) is 1. The molecule has 0 aliphatic carbocycles. The van der Waals surface area contributed by atoms with Crippen LogP contribution in [0, 0.1) is 3.57 Å². The Morgan fingerprint density at radius 3 is 2.58 bits per heavy atom. The quantitative estimate of drug-likeness (QED) is 0.799. The maximum absolute atomic E-state index is 12.5. The number of nitrogens with two attached hydrogens (primary N) is 1. The van der Waals surface area contributed by atoms with E-state index in [9.17, 15) is 13.2 Å². The summed E-state index contributed by atoms with van der Waals surface area (Å²) in [6.45, 7) is 0. The number of benzene rings is 1. The lowest BCUT2D eigenvalue weighted by Gasteiger charge is -2.11. The molecule has 100 valence electrons. The topological polar surface area (TPSA) is 48.1 Å². The average Bonchev–Trinajstić information content (AvgIpc) is 2.30. The van der Waals surface area contributed by atoms with Gasteiger partial charge in [-0.2, -0.15) is 13.2 Å². The highest BCUT2D eigenvalue weighted by Crippen LogP contribution is 2.34. The molecule has 0 bridgehead atoms. The molecule has 0 saturated carbocycles. The fraction of sp³-hybridized carbons (Fsp3) is 0.0833. The van der Waals surface area contributed by atoms with E-state index in [4.69, 9.17) is 10.5 Å². The van der Waals surface area contributed by atoms with Crippen molar-refractivity contribution in [3.05, 3.63) is 45.8 Å². The third-order valence-electron chi connectivity index (χ3n) is 2.21. The standard InChI is InChI=1S/C12H8F3IN2O/c13-12(14,15)11-5-10(9(17)6-18-11)19-8-3-1-2-7(16)4-8/h1-6H,17H2. The highest BCUT2D eigenvalue weighted by Gasteiger charge is 2.33. The zero-order valence-electron chi connectivity index (χ0n) is 9.41. The number of nitrogens with zero attached hydrogens (tertiary/aromatic N) is 1. The number of nitrogen functional groups attached to an aromatic ring is 1. The molecule has 0 aliphatic heterocycles. The molecule has 1 heterocycles. The second-order valence-corrected chi connectivity index (χ2v) is 4.91. The number of alkyl halides is 3. The van der Waals surface area contributed by atoms with Crippen molar-refractivity contribution in [3.63, 3.8) is 0 Å². The summed E-state index contributed by atoms with van der Waals surface area (Å²) in [5, 5.41) is 0. The molecule has 0 fully saturated rings. The third-order valence-corrected chi connectivity index (χ3v) is 2.88. The van der Waals surface area contributed by atoms with Crippen molar-refractivity contribution >= 4 is 28.3 Å². The van der Waals surface area contributed by atoms with E-state index in [1.54, 1.807) is 18.2 Å². The van der Waals surface area contributed by atoms with Crippen LogP contribution < -0.4 is 10.5 Å². The lowest BCUT2D eigenvalue weighted by Crippen LogP contribution is -2.08. The lowest BCUT2D eigenvalue weighted by atomic mass is 10.3. The van der Waals surface area contributed by atoms with Crippen molar-refractivity contribution in [1.29, 1.82) is 0 Å². The van der Waals surface area contributed by atoms with Gasteiger partial charge in [-0.1, -0.05) is 6.07 Å². The van der Waals surface area contributed by atoms with Gasteiger partial charge in [0.15, 0.2) is 5.75 Å². The fourth-order valence-corrected chi connectivity index (χ4v) is 1.86. The van der Waals surface area contributed by atoms with E-state index in [2.05, 4.69) is 27.6 Å². The van der Waals surface area contributed by atoms with Crippen LogP contribution in [0.5, 0.6) is 11.5 Å². The SMILES string of the molecule is Nc1cnc(C(F)(F)F)cc1Oc1cccc(I)c1. The van der Waals surface area contributed by atoms with Crippen LogP contribution >= 0.6 is 22.6 Å². The summed E-state index contributed by atoms with van der Waals surface area (Å²) in [6, 6.07) is 7.68. The van der Waals surface area contributed by atoms with Gasteiger partial charge in [-0.05, 0) is 40.8 Å². The van der Waals surface area contributed by atoms with E-state index in [-0.39, 0.29) is 11.4 Å². The van der Waals surface area contributed by atoms with E-state index >= 15 is 0 Å². The molecule has 0 saturated heterocycles. The summed E-state index contributed by atoms with van der Waals surface area (Å²) < 4.78 is 43.9. The molecule has 0 radical (unpaired) electrons. The molecule has 3 nitrogen and oxygen atoms in total. The molecule has 2 rings (SSSR count). The minimum Gasteiger partial charge on any atom is -0.455 e.